The number of hydrogen-bond donors (Lipinski definition) is 2. The van der Waals surface area contributed by atoms with Crippen molar-refractivity contribution in [3.63, 3.8) is 0 Å². The van der Waals surface area contributed by atoms with E-state index in [9.17, 15) is 9.90 Å². The second kappa shape index (κ2) is 6.34. The van der Waals surface area contributed by atoms with Crippen LogP contribution in [0.5, 0.6) is 0 Å². The number of halogens is 1. The molecule has 1 rings (SSSR count). The molecule has 5 nitrogen and oxygen atoms in total. The fraction of sp³-hybridized carbons (Fsp3) is 0.538. The van der Waals surface area contributed by atoms with E-state index in [-0.39, 0.29) is 12.5 Å². The van der Waals surface area contributed by atoms with Crippen molar-refractivity contribution < 1.29 is 9.90 Å². The van der Waals surface area contributed by atoms with E-state index in [4.69, 9.17) is 0 Å². The number of carbonyl (C=O) groups excluding carboxylic acids is 1. The highest BCUT2D eigenvalue weighted by Crippen LogP contribution is 2.20. The number of carbonyl (C=O) groups is 1. The van der Waals surface area contributed by atoms with E-state index in [1.54, 1.807) is 38.1 Å². The molecule has 1 aromatic heterocycles. The third-order valence-electron chi connectivity index (χ3n) is 2.57. The normalized spacial score (nSPS) is 11.3. The molecule has 6 heteroatoms. The fourth-order valence-electron chi connectivity index (χ4n) is 1.77. The zero-order valence-electron chi connectivity index (χ0n) is 11.7. The summed E-state index contributed by atoms with van der Waals surface area (Å²) in [6, 6.07) is 1.73. The molecule has 106 valence electrons. The summed E-state index contributed by atoms with van der Waals surface area (Å²) in [5, 5.41) is 12.8. The molecule has 0 radical (unpaired) electrons. The number of aliphatic hydroxyl groups is 1. The van der Waals surface area contributed by atoms with Crippen LogP contribution in [0.15, 0.2) is 16.7 Å². The number of nitrogens with one attached hydrogen (secondary N) is 1. The zero-order chi connectivity index (χ0) is 14.6. The number of amides is 1. The first kappa shape index (κ1) is 15.9. The van der Waals surface area contributed by atoms with Gasteiger partial charge in [-0.25, -0.2) is 4.98 Å². The first-order valence-electron chi connectivity index (χ1n) is 6.13. The number of pyridine rings is 1. The molecule has 0 saturated carbocycles. The highest BCUT2D eigenvalue weighted by atomic mass is 79.9. The number of anilines is 1. The molecule has 1 heterocycles. The van der Waals surface area contributed by atoms with Crippen LogP contribution in [0.3, 0.4) is 0 Å². The SMILES string of the molecule is CCN(CC(C)(C)O)C(=O)c1cc(Br)cnc1NC. The van der Waals surface area contributed by atoms with Crippen molar-refractivity contribution in [2.75, 3.05) is 25.5 Å². The average molecular weight is 330 g/mol. The molecule has 1 amide bonds. The lowest BCUT2D eigenvalue weighted by Gasteiger charge is -2.28. The van der Waals surface area contributed by atoms with Gasteiger partial charge in [-0.05, 0) is 42.8 Å². The molecule has 19 heavy (non-hydrogen) atoms. The minimum Gasteiger partial charge on any atom is -0.389 e. The molecule has 0 fully saturated rings. The summed E-state index contributed by atoms with van der Waals surface area (Å²) in [6.45, 7) is 6.05. The van der Waals surface area contributed by atoms with Gasteiger partial charge in [0.15, 0.2) is 0 Å². The minimum atomic E-state index is -0.926. The number of hydrogen-bond acceptors (Lipinski definition) is 4. The Morgan fingerprint density at radius 2 is 2.21 bits per heavy atom. The van der Waals surface area contributed by atoms with Crippen molar-refractivity contribution in [2.45, 2.75) is 26.4 Å². The van der Waals surface area contributed by atoms with Crippen LogP contribution in [-0.2, 0) is 0 Å². The van der Waals surface area contributed by atoms with Crippen LogP contribution in [0.4, 0.5) is 5.82 Å². The predicted molar refractivity (Wildman–Crippen MR) is 79.4 cm³/mol. The smallest absolute Gasteiger partial charge is 0.257 e. The van der Waals surface area contributed by atoms with Gasteiger partial charge in [0.1, 0.15) is 5.82 Å². The third kappa shape index (κ3) is 4.47. The van der Waals surface area contributed by atoms with Crippen LogP contribution >= 0.6 is 15.9 Å². The predicted octanol–water partition coefficient (Wildman–Crippen LogP) is 2.12. The van der Waals surface area contributed by atoms with Gasteiger partial charge in [-0.1, -0.05) is 0 Å². The monoisotopic (exact) mass is 329 g/mol. The van der Waals surface area contributed by atoms with Crippen molar-refractivity contribution in [1.29, 1.82) is 0 Å². The number of rotatable bonds is 5. The molecule has 0 aliphatic rings. The van der Waals surface area contributed by atoms with E-state index >= 15 is 0 Å². The van der Waals surface area contributed by atoms with Crippen LogP contribution < -0.4 is 5.32 Å². The van der Waals surface area contributed by atoms with Crippen LogP contribution in [0, 0.1) is 0 Å². The topological polar surface area (TPSA) is 65.5 Å². The Morgan fingerprint density at radius 3 is 2.68 bits per heavy atom. The molecule has 0 atom stereocenters. The quantitative estimate of drug-likeness (QED) is 0.868. The van der Waals surface area contributed by atoms with Gasteiger partial charge in [-0.2, -0.15) is 0 Å². The summed E-state index contributed by atoms with van der Waals surface area (Å²) in [6.07, 6.45) is 1.63. The molecule has 0 bridgehead atoms. The molecular weight excluding hydrogens is 310 g/mol. The molecule has 0 aliphatic heterocycles. The number of aromatic nitrogens is 1. The summed E-state index contributed by atoms with van der Waals surface area (Å²) in [5.74, 6) is 0.380. The van der Waals surface area contributed by atoms with Gasteiger partial charge in [0.05, 0.1) is 11.2 Å². The van der Waals surface area contributed by atoms with Crippen molar-refractivity contribution >= 4 is 27.7 Å². The van der Waals surface area contributed by atoms with Gasteiger partial charge in [0.2, 0.25) is 0 Å². The molecule has 2 N–H and O–H groups in total. The van der Waals surface area contributed by atoms with Gasteiger partial charge in [-0.15, -0.1) is 0 Å². The van der Waals surface area contributed by atoms with Crippen LogP contribution in [0.2, 0.25) is 0 Å². The van der Waals surface area contributed by atoms with E-state index in [2.05, 4.69) is 26.2 Å². The van der Waals surface area contributed by atoms with Crippen LogP contribution in [-0.4, -0.2) is 46.6 Å². The highest BCUT2D eigenvalue weighted by molar-refractivity contribution is 9.10. The summed E-state index contributed by atoms with van der Waals surface area (Å²) in [5.41, 5.74) is -0.437. The van der Waals surface area contributed by atoms with Crippen molar-refractivity contribution in [1.82, 2.24) is 9.88 Å². The standard InChI is InChI=1S/C13H20BrN3O2/c1-5-17(8-13(2,3)19)12(18)10-6-9(14)7-16-11(10)15-4/h6-7,19H,5,8H2,1-4H3,(H,15,16). The summed E-state index contributed by atoms with van der Waals surface area (Å²) in [7, 11) is 1.72. The van der Waals surface area contributed by atoms with E-state index in [1.807, 2.05) is 6.92 Å². The first-order chi connectivity index (χ1) is 8.78. The van der Waals surface area contributed by atoms with Gasteiger partial charge in [-0.3, -0.25) is 4.79 Å². The Kier molecular flexibility index (Phi) is 5.31. The molecule has 0 unspecified atom stereocenters. The Balaban J connectivity index is 3.06. The summed E-state index contributed by atoms with van der Waals surface area (Å²) < 4.78 is 0.745. The summed E-state index contributed by atoms with van der Waals surface area (Å²) >= 11 is 3.32. The Labute approximate surface area is 122 Å². The minimum absolute atomic E-state index is 0.150. The maximum Gasteiger partial charge on any atom is 0.257 e. The fourth-order valence-corrected chi connectivity index (χ4v) is 2.10. The Morgan fingerprint density at radius 1 is 1.58 bits per heavy atom. The van der Waals surface area contributed by atoms with Gasteiger partial charge < -0.3 is 15.3 Å². The second-order valence-electron chi connectivity index (χ2n) is 4.93. The lowest BCUT2D eigenvalue weighted by atomic mass is 10.1. The molecular formula is C13H20BrN3O2. The lowest BCUT2D eigenvalue weighted by molar-refractivity contribution is 0.0315. The van der Waals surface area contributed by atoms with E-state index in [0.717, 1.165) is 4.47 Å². The van der Waals surface area contributed by atoms with Crippen molar-refractivity contribution in [3.8, 4) is 0 Å². The molecule has 0 aromatic carbocycles. The van der Waals surface area contributed by atoms with E-state index in [0.29, 0.717) is 17.9 Å². The first-order valence-corrected chi connectivity index (χ1v) is 6.92. The van der Waals surface area contributed by atoms with E-state index < -0.39 is 5.60 Å². The zero-order valence-corrected chi connectivity index (χ0v) is 13.3. The van der Waals surface area contributed by atoms with Crippen LogP contribution in [0.25, 0.3) is 0 Å². The second-order valence-corrected chi connectivity index (χ2v) is 5.85. The maximum atomic E-state index is 12.5. The lowest BCUT2D eigenvalue weighted by Crippen LogP contribution is -2.42. The van der Waals surface area contributed by atoms with Crippen LogP contribution in [0.1, 0.15) is 31.1 Å². The summed E-state index contributed by atoms with van der Waals surface area (Å²) in [4.78, 5) is 18.3. The average Bonchev–Trinajstić information content (AvgIpc) is 2.34. The van der Waals surface area contributed by atoms with Crippen molar-refractivity contribution in [2.24, 2.45) is 0 Å². The Hall–Kier alpha value is -1.14. The van der Waals surface area contributed by atoms with Gasteiger partial charge in [0.25, 0.3) is 5.91 Å². The van der Waals surface area contributed by atoms with Gasteiger partial charge in [0, 0.05) is 30.8 Å². The molecule has 1 aromatic rings. The van der Waals surface area contributed by atoms with Gasteiger partial charge >= 0.3 is 0 Å². The Bertz CT molecular complexity index is 458. The largest absolute Gasteiger partial charge is 0.389 e. The third-order valence-corrected chi connectivity index (χ3v) is 3.00. The number of likely N-dealkylation sites (N-methyl/N-ethyl adjacent to an activating group) is 1. The molecule has 0 aliphatic carbocycles. The maximum absolute atomic E-state index is 12.5. The van der Waals surface area contributed by atoms with E-state index in [1.165, 1.54) is 0 Å². The number of nitrogens with zero attached hydrogens (tertiary/aromatic N) is 2. The van der Waals surface area contributed by atoms with Crippen molar-refractivity contribution in [3.05, 3.63) is 22.3 Å². The molecule has 0 spiro atoms. The highest BCUT2D eigenvalue weighted by Gasteiger charge is 2.24. The molecule has 0 saturated heterocycles.